The number of unbranched alkanes of at least 4 members (excludes halogenated alkanes) is 1. The van der Waals surface area contributed by atoms with E-state index in [1.54, 1.807) is 6.33 Å². The van der Waals surface area contributed by atoms with E-state index in [-0.39, 0.29) is 23.0 Å². The first-order valence-corrected chi connectivity index (χ1v) is 5.23. The Morgan fingerprint density at radius 2 is 2.12 bits per heavy atom. The molecule has 0 aliphatic carbocycles. The maximum Gasteiger partial charge on any atom is 0.185 e. The molecule has 0 aromatic carbocycles. The number of nitrogens with two attached hydrogens (primary N) is 2. The van der Waals surface area contributed by atoms with Gasteiger partial charge in [0.2, 0.25) is 0 Å². The number of aliphatic imine (C=N–C) groups is 1. The van der Waals surface area contributed by atoms with Crippen molar-refractivity contribution in [3.63, 3.8) is 0 Å². The van der Waals surface area contributed by atoms with Crippen molar-refractivity contribution in [3.8, 4) is 0 Å². The van der Waals surface area contributed by atoms with E-state index >= 15 is 0 Å². The van der Waals surface area contributed by atoms with Crippen LogP contribution in [0.1, 0.15) is 32.4 Å². The molecular formula is C10H21FeN5. The Morgan fingerprint density at radius 3 is 2.44 bits per heavy atom. The Kier molecular flexibility index (Phi) is 13.1. The Morgan fingerprint density at radius 1 is 1.44 bits per heavy atom. The fourth-order valence-electron chi connectivity index (χ4n) is 0.844. The third kappa shape index (κ3) is 11.1. The van der Waals surface area contributed by atoms with Crippen molar-refractivity contribution in [3.05, 3.63) is 18.2 Å². The van der Waals surface area contributed by atoms with Crippen LogP contribution in [0.15, 0.2) is 17.5 Å². The van der Waals surface area contributed by atoms with Crippen LogP contribution in [0.25, 0.3) is 0 Å². The van der Waals surface area contributed by atoms with E-state index < -0.39 is 0 Å². The number of nitrogens with zero attached hydrogens (tertiary/aromatic N) is 2. The van der Waals surface area contributed by atoms with Gasteiger partial charge < -0.3 is 16.5 Å². The first kappa shape index (κ1) is 17.4. The number of hydrogen-bond donors (Lipinski definition) is 3. The number of aryl methyl sites for hydroxylation is 1. The van der Waals surface area contributed by atoms with Crippen LogP contribution in [0, 0.1) is 0 Å². The number of aromatic nitrogens is 2. The molecule has 5 N–H and O–H groups in total. The Hall–Kier alpha value is -1.00. The van der Waals surface area contributed by atoms with E-state index in [0.29, 0.717) is 0 Å². The molecule has 5 nitrogen and oxygen atoms in total. The predicted octanol–water partition coefficient (Wildman–Crippen LogP) is 1.03. The second-order valence-electron chi connectivity index (χ2n) is 3.09. The van der Waals surface area contributed by atoms with Gasteiger partial charge in [-0.15, -0.1) is 0 Å². The van der Waals surface area contributed by atoms with Crippen LogP contribution in [0.5, 0.6) is 0 Å². The summed E-state index contributed by atoms with van der Waals surface area (Å²) in [6, 6.07) is 0. The minimum atomic E-state index is 0. The largest absolute Gasteiger partial charge is 0.370 e. The smallest absolute Gasteiger partial charge is 0.185 e. The van der Waals surface area contributed by atoms with Gasteiger partial charge in [-0.1, -0.05) is 20.3 Å². The fraction of sp³-hybridized carbons (Fsp3) is 0.600. The summed E-state index contributed by atoms with van der Waals surface area (Å²) in [5, 5.41) is 0. The van der Waals surface area contributed by atoms with Crippen LogP contribution < -0.4 is 11.5 Å². The van der Waals surface area contributed by atoms with Gasteiger partial charge in [0.05, 0.1) is 6.33 Å². The molecule has 94 valence electrons. The predicted molar refractivity (Wildman–Crippen MR) is 63.6 cm³/mol. The average Bonchev–Trinajstić information content (AvgIpc) is 2.71. The molecule has 1 rings (SSSR count). The molecule has 0 fully saturated rings. The summed E-state index contributed by atoms with van der Waals surface area (Å²) in [4.78, 5) is 10.6. The van der Waals surface area contributed by atoms with Crippen LogP contribution in [0.3, 0.4) is 0 Å². The zero-order valence-corrected chi connectivity index (χ0v) is 11.0. The molecule has 0 bridgehead atoms. The number of imidazole rings is 1. The normalized spacial score (nSPS) is 8.38. The number of aromatic amines is 1. The summed E-state index contributed by atoms with van der Waals surface area (Å²) < 4.78 is 0. The van der Waals surface area contributed by atoms with Gasteiger partial charge in [-0.3, -0.25) is 4.99 Å². The van der Waals surface area contributed by atoms with Crippen LogP contribution in [-0.4, -0.2) is 22.5 Å². The van der Waals surface area contributed by atoms with Gasteiger partial charge in [-0.05, 0) is 12.8 Å². The maximum absolute atomic E-state index is 5.06. The minimum absolute atomic E-state index is 0. The van der Waals surface area contributed by atoms with Gasteiger partial charge in [0.25, 0.3) is 0 Å². The molecule has 0 radical (unpaired) electrons. The quantitative estimate of drug-likeness (QED) is 0.329. The summed E-state index contributed by atoms with van der Waals surface area (Å²) >= 11 is 0. The number of H-pyrrole nitrogens is 1. The van der Waals surface area contributed by atoms with Crippen LogP contribution in [-0.2, 0) is 23.5 Å². The maximum atomic E-state index is 5.06. The third-order valence-electron chi connectivity index (χ3n) is 1.74. The SMILES string of the molecule is CCCCN=C(N)N.CCc1cnc[nH]1.[Fe]. The minimum Gasteiger partial charge on any atom is -0.370 e. The van der Waals surface area contributed by atoms with Crippen LogP contribution >= 0.6 is 0 Å². The summed E-state index contributed by atoms with van der Waals surface area (Å²) in [6.07, 6.45) is 6.77. The zero-order chi connectivity index (χ0) is 11.5. The Bertz CT molecular complexity index is 254. The van der Waals surface area contributed by atoms with Crippen molar-refractivity contribution in [2.24, 2.45) is 16.5 Å². The number of rotatable bonds is 4. The summed E-state index contributed by atoms with van der Waals surface area (Å²) in [7, 11) is 0. The Balaban J connectivity index is 0. The van der Waals surface area contributed by atoms with E-state index in [1.807, 2.05) is 6.20 Å². The van der Waals surface area contributed by atoms with E-state index in [9.17, 15) is 0 Å². The van der Waals surface area contributed by atoms with Crippen molar-refractivity contribution in [2.75, 3.05) is 6.54 Å². The van der Waals surface area contributed by atoms with E-state index in [2.05, 4.69) is 28.8 Å². The molecule has 6 heteroatoms. The molecule has 0 saturated carbocycles. The van der Waals surface area contributed by atoms with Gasteiger partial charge in [-0.25, -0.2) is 4.98 Å². The molecule has 1 aromatic rings. The van der Waals surface area contributed by atoms with Gasteiger partial charge >= 0.3 is 0 Å². The molecule has 1 heterocycles. The van der Waals surface area contributed by atoms with Gasteiger partial charge in [0, 0.05) is 35.5 Å². The summed E-state index contributed by atoms with van der Waals surface area (Å²) in [5.41, 5.74) is 11.3. The van der Waals surface area contributed by atoms with Crippen molar-refractivity contribution < 1.29 is 17.1 Å². The van der Waals surface area contributed by atoms with Crippen LogP contribution in [0.4, 0.5) is 0 Å². The van der Waals surface area contributed by atoms with E-state index in [1.165, 1.54) is 5.69 Å². The van der Waals surface area contributed by atoms with Crippen LogP contribution in [0.2, 0.25) is 0 Å². The molecule has 0 spiro atoms. The standard InChI is InChI=1S/C5H13N3.C5H8N2.Fe/c1-2-3-4-8-5(6)7;1-2-5-3-6-4-7-5;/h2-4H2,1H3,(H4,6,7,8);3-4H,2H2,1H3,(H,6,7);. The molecule has 0 amide bonds. The second kappa shape index (κ2) is 12.1. The van der Waals surface area contributed by atoms with E-state index in [0.717, 1.165) is 25.8 Å². The first-order valence-electron chi connectivity index (χ1n) is 5.23. The van der Waals surface area contributed by atoms with Crippen molar-refractivity contribution in [2.45, 2.75) is 33.1 Å². The zero-order valence-electron chi connectivity index (χ0n) is 9.89. The van der Waals surface area contributed by atoms with E-state index in [4.69, 9.17) is 11.5 Å². The monoisotopic (exact) mass is 267 g/mol. The van der Waals surface area contributed by atoms with Gasteiger partial charge in [-0.2, -0.15) is 0 Å². The number of guanidine groups is 1. The second-order valence-corrected chi connectivity index (χ2v) is 3.09. The molecule has 16 heavy (non-hydrogen) atoms. The average molecular weight is 267 g/mol. The van der Waals surface area contributed by atoms with Crippen molar-refractivity contribution >= 4 is 5.96 Å². The van der Waals surface area contributed by atoms with Crippen molar-refractivity contribution in [1.82, 2.24) is 9.97 Å². The molecule has 0 aliphatic heterocycles. The fourth-order valence-corrected chi connectivity index (χ4v) is 0.844. The molecular weight excluding hydrogens is 246 g/mol. The molecule has 0 saturated heterocycles. The topological polar surface area (TPSA) is 93.1 Å². The number of hydrogen-bond acceptors (Lipinski definition) is 2. The van der Waals surface area contributed by atoms with Gasteiger partial charge in [0.15, 0.2) is 5.96 Å². The third-order valence-corrected chi connectivity index (χ3v) is 1.74. The molecule has 0 aliphatic rings. The molecule has 0 atom stereocenters. The summed E-state index contributed by atoms with van der Waals surface area (Å²) in [5.74, 6) is 0.193. The Labute approximate surface area is 108 Å². The summed E-state index contributed by atoms with van der Waals surface area (Å²) in [6.45, 7) is 4.95. The molecule has 1 aromatic heterocycles. The van der Waals surface area contributed by atoms with Crippen molar-refractivity contribution in [1.29, 1.82) is 0 Å². The first-order chi connectivity index (χ1) is 7.20. The van der Waals surface area contributed by atoms with Gasteiger partial charge in [0.1, 0.15) is 0 Å². The molecule has 0 unspecified atom stereocenters. The number of nitrogens with one attached hydrogen (secondary N) is 1.